The molecule has 1 aliphatic rings. The summed E-state index contributed by atoms with van der Waals surface area (Å²) in [6.45, 7) is 4.70. The predicted octanol–water partition coefficient (Wildman–Crippen LogP) is 3.58. The van der Waals surface area contributed by atoms with Crippen LogP contribution in [0.4, 0.5) is 0 Å². The number of nitrogens with zero attached hydrogens (tertiary/aromatic N) is 1. The van der Waals surface area contributed by atoms with E-state index in [1.165, 1.54) is 22.3 Å². The summed E-state index contributed by atoms with van der Waals surface area (Å²) < 4.78 is 17.2. The quantitative estimate of drug-likeness (QED) is 0.705. The maximum atomic E-state index is 6.09. The molecule has 3 rings (SSSR count). The highest BCUT2D eigenvalue weighted by molar-refractivity contribution is 5.52. The minimum atomic E-state index is 0.118. The summed E-state index contributed by atoms with van der Waals surface area (Å²) in [5, 5.41) is 3.66. The van der Waals surface area contributed by atoms with Crippen LogP contribution in [0.5, 0.6) is 17.2 Å². The van der Waals surface area contributed by atoms with Gasteiger partial charge in [-0.3, -0.25) is 0 Å². The summed E-state index contributed by atoms with van der Waals surface area (Å²) in [4.78, 5) is 2.17. The van der Waals surface area contributed by atoms with Gasteiger partial charge < -0.3 is 24.4 Å². The summed E-state index contributed by atoms with van der Waals surface area (Å²) in [5.74, 6) is 2.51. The van der Waals surface area contributed by atoms with Crippen LogP contribution >= 0.6 is 0 Å². The first-order valence-electron chi connectivity index (χ1n) is 9.89. The van der Waals surface area contributed by atoms with Crippen molar-refractivity contribution in [3.05, 3.63) is 52.6 Å². The Morgan fingerprint density at radius 2 is 1.86 bits per heavy atom. The molecule has 1 aliphatic heterocycles. The number of benzene rings is 2. The summed E-state index contributed by atoms with van der Waals surface area (Å²) in [5.41, 5.74) is 4.96. The zero-order valence-corrected chi connectivity index (χ0v) is 17.7. The zero-order chi connectivity index (χ0) is 20.1. The van der Waals surface area contributed by atoms with Crippen LogP contribution in [0, 0.1) is 6.92 Å². The zero-order valence-electron chi connectivity index (χ0n) is 17.7. The molecule has 0 aromatic heterocycles. The number of nitrogens with one attached hydrogen (secondary N) is 1. The van der Waals surface area contributed by atoms with Crippen molar-refractivity contribution in [2.75, 3.05) is 48.0 Å². The molecule has 0 saturated carbocycles. The summed E-state index contributed by atoms with van der Waals surface area (Å²) in [6, 6.07) is 10.8. The fraction of sp³-hybridized carbons (Fsp3) is 0.478. The van der Waals surface area contributed by atoms with Crippen molar-refractivity contribution in [2.45, 2.75) is 25.8 Å². The molecule has 0 radical (unpaired) electrons. The van der Waals surface area contributed by atoms with E-state index in [0.29, 0.717) is 6.61 Å². The lowest BCUT2D eigenvalue weighted by Crippen LogP contribution is -2.30. The Morgan fingerprint density at radius 3 is 2.57 bits per heavy atom. The molecule has 1 unspecified atom stereocenters. The van der Waals surface area contributed by atoms with Gasteiger partial charge in [-0.2, -0.15) is 0 Å². The number of rotatable bonds is 8. The first-order chi connectivity index (χ1) is 13.5. The highest BCUT2D eigenvalue weighted by Gasteiger charge is 2.24. The van der Waals surface area contributed by atoms with Gasteiger partial charge in [0.1, 0.15) is 5.75 Å². The Hall–Kier alpha value is -2.24. The van der Waals surface area contributed by atoms with Crippen molar-refractivity contribution in [3.8, 4) is 17.2 Å². The van der Waals surface area contributed by atoms with Gasteiger partial charge in [-0.25, -0.2) is 0 Å². The Labute approximate surface area is 168 Å². The van der Waals surface area contributed by atoms with Gasteiger partial charge in [-0.15, -0.1) is 0 Å². The van der Waals surface area contributed by atoms with Crippen molar-refractivity contribution in [1.29, 1.82) is 0 Å². The molecule has 0 fully saturated rings. The molecule has 0 aliphatic carbocycles. The minimum Gasteiger partial charge on any atom is -0.497 e. The predicted molar refractivity (Wildman–Crippen MR) is 113 cm³/mol. The van der Waals surface area contributed by atoms with Gasteiger partial charge in [0.15, 0.2) is 11.5 Å². The summed E-state index contributed by atoms with van der Waals surface area (Å²) in [7, 11) is 7.57. The molecule has 2 aromatic rings. The Morgan fingerprint density at radius 1 is 1.04 bits per heavy atom. The van der Waals surface area contributed by atoms with Gasteiger partial charge in [-0.1, -0.05) is 6.07 Å². The molecule has 0 saturated heterocycles. The van der Waals surface area contributed by atoms with Crippen LogP contribution in [0.3, 0.4) is 0 Å². The fourth-order valence-corrected chi connectivity index (χ4v) is 3.76. The van der Waals surface area contributed by atoms with E-state index in [0.717, 1.165) is 43.2 Å². The molecule has 5 nitrogen and oxygen atoms in total. The third kappa shape index (κ3) is 4.78. The second-order valence-corrected chi connectivity index (χ2v) is 7.63. The number of fused-ring (bicyclic) bond motifs is 1. The van der Waals surface area contributed by atoms with Crippen molar-refractivity contribution in [2.24, 2.45) is 0 Å². The molecule has 5 heteroatoms. The van der Waals surface area contributed by atoms with E-state index >= 15 is 0 Å². The Bertz CT molecular complexity index is 805. The topological polar surface area (TPSA) is 43.0 Å². The molecule has 1 atom stereocenters. The molecule has 1 heterocycles. The standard InChI is InChI=1S/C23H32N2O3/c1-16-11-18(13-19(12-16)26-4)23-20-15-22(28-10-6-9-25(2)3)21(27-5)14-17(20)7-8-24-23/h11-15,23-24H,6-10H2,1-5H3. The normalized spacial score (nSPS) is 16.0. The van der Waals surface area contributed by atoms with E-state index in [9.17, 15) is 0 Å². The van der Waals surface area contributed by atoms with Gasteiger partial charge in [0.05, 0.1) is 26.9 Å². The highest BCUT2D eigenvalue weighted by atomic mass is 16.5. The second-order valence-electron chi connectivity index (χ2n) is 7.63. The first-order valence-corrected chi connectivity index (χ1v) is 9.89. The van der Waals surface area contributed by atoms with E-state index in [-0.39, 0.29) is 6.04 Å². The van der Waals surface area contributed by atoms with E-state index < -0.39 is 0 Å². The van der Waals surface area contributed by atoms with Crippen LogP contribution in [-0.2, 0) is 6.42 Å². The van der Waals surface area contributed by atoms with E-state index in [2.05, 4.69) is 61.6 Å². The lowest BCUT2D eigenvalue weighted by Gasteiger charge is -2.29. The van der Waals surface area contributed by atoms with Crippen LogP contribution in [-0.4, -0.2) is 52.9 Å². The number of ether oxygens (including phenoxy) is 3. The van der Waals surface area contributed by atoms with Gasteiger partial charge in [-0.05, 0) is 80.4 Å². The van der Waals surface area contributed by atoms with Crippen LogP contribution < -0.4 is 19.5 Å². The average Bonchev–Trinajstić information content (AvgIpc) is 2.69. The van der Waals surface area contributed by atoms with Gasteiger partial charge in [0, 0.05) is 13.1 Å². The lowest BCUT2D eigenvalue weighted by atomic mass is 9.88. The molecule has 1 N–H and O–H groups in total. The van der Waals surface area contributed by atoms with Gasteiger partial charge in [0.25, 0.3) is 0 Å². The van der Waals surface area contributed by atoms with Crippen LogP contribution in [0.2, 0.25) is 0 Å². The van der Waals surface area contributed by atoms with Gasteiger partial charge in [0.2, 0.25) is 0 Å². The van der Waals surface area contributed by atoms with Crippen LogP contribution in [0.1, 0.15) is 34.7 Å². The number of aryl methyl sites for hydroxylation is 1. The van der Waals surface area contributed by atoms with E-state index in [1.54, 1.807) is 14.2 Å². The maximum Gasteiger partial charge on any atom is 0.161 e. The molecular weight excluding hydrogens is 352 g/mol. The molecule has 0 amide bonds. The van der Waals surface area contributed by atoms with E-state index in [1.807, 2.05) is 0 Å². The number of methoxy groups -OCH3 is 2. The third-order valence-corrected chi connectivity index (χ3v) is 5.13. The Balaban J connectivity index is 1.91. The van der Waals surface area contributed by atoms with Crippen LogP contribution in [0.15, 0.2) is 30.3 Å². The average molecular weight is 385 g/mol. The van der Waals surface area contributed by atoms with E-state index in [4.69, 9.17) is 14.2 Å². The molecule has 0 bridgehead atoms. The smallest absolute Gasteiger partial charge is 0.161 e. The van der Waals surface area contributed by atoms with Crippen LogP contribution in [0.25, 0.3) is 0 Å². The van der Waals surface area contributed by atoms with Crippen molar-refractivity contribution < 1.29 is 14.2 Å². The summed E-state index contributed by atoms with van der Waals surface area (Å²) in [6.07, 6.45) is 1.95. The minimum absolute atomic E-state index is 0.118. The summed E-state index contributed by atoms with van der Waals surface area (Å²) >= 11 is 0. The monoisotopic (exact) mass is 384 g/mol. The van der Waals surface area contributed by atoms with Gasteiger partial charge >= 0.3 is 0 Å². The number of hydrogen-bond donors (Lipinski definition) is 1. The largest absolute Gasteiger partial charge is 0.497 e. The van der Waals surface area contributed by atoms with Crippen molar-refractivity contribution >= 4 is 0 Å². The molecule has 0 spiro atoms. The van der Waals surface area contributed by atoms with Crippen molar-refractivity contribution in [3.63, 3.8) is 0 Å². The SMILES string of the molecule is COc1cc(C)cc(C2NCCc3cc(OC)c(OCCCN(C)C)cc32)c1. The number of hydrogen-bond acceptors (Lipinski definition) is 5. The Kier molecular flexibility index (Phi) is 6.81. The molecular formula is C23H32N2O3. The molecule has 152 valence electrons. The van der Waals surface area contributed by atoms with Crippen molar-refractivity contribution in [1.82, 2.24) is 10.2 Å². The maximum absolute atomic E-state index is 6.09. The second kappa shape index (κ2) is 9.30. The molecule has 28 heavy (non-hydrogen) atoms. The third-order valence-electron chi connectivity index (χ3n) is 5.13. The fourth-order valence-electron chi connectivity index (χ4n) is 3.76. The molecule has 2 aromatic carbocycles. The first kappa shape index (κ1) is 20.5. The lowest BCUT2D eigenvalue weighted by molar-refractivity contribution is 0.267. The highest BCUT2D eigenvalue weighted by Crippen LogP contribution is 2.38.